The number of nitrogens with zero attached hydrogens (tertiary/aromatic N) is 1. The number of morpholine rings is 1. The lowest BCUT2D eigenvalue weighted by molar-refractivity contribution is 0.0304. The third kappa shape index (κ3) is 2.74. The molecule has 4 rings (SSSR count). The third-order valence-corrected chi connectivity index (χ3v) is 5.08. The number of benzene rings is 1. The number of ether oxygens (including phenoxy) is 1. The zero-order valence-corrected chi connectivity index (χ0v) is 13.2. The Labute approximate surface area is 128 Å². The first-order chi connectivity index (χ1) is 9.78. The van der Waals surface area contributed by atoms with Gasteiger partial charge >= 0.3 is 0 Å². The van der Waals surface area contributed by atoms with Gasteiger partial charge in [0.1, 0.15) is 0 Å². The van der Waals surface area contributed by atoms with E-state index in [0.717, 1.165) is 25.7 Å². The van der Waals surface area contributed by atoms with Crippen molar-refractivity contribution in [1.82, 2.24) is 5.32 Å². The molecule has 0 radical (unpaired) electrons. The quantitative estimate of drug-likeness (QED) is 0.914. The fourth-order valence-electron chi connectivity index (χ4n) is 3.33. The Morgan fingerprint density at radius 1 is 1.15 bits per heavy atom. The molecule has 2 bridgehead atoms. The van der Waals surface area contributed by atoms with Crippen molar-refractivity contribution in [2.24, 2.45) is 0 Å². The number of hydrogen-bond donors (Lipinski definition) is 1. The van der Waals surface area contributed by atoms with Gasteiger partial charge in [0, 0.05) is 35.8 Å². The molecule has 0 aromatic heterocycles. The lowest BCUT2D eigenvalue weighted by atomic mass is 10.1. The van der Waals surface area contributed by atoms with E-state index in [1.165, 1.54) is 41.4 Å². The summed E-state index contributed by atoms with van der Waals surface area (Å²) >= 11 is 3.62. The topological polar surface area (TPSA) is 24.5 Å². The first-order valence-electron chi connectivity index (χ1n) is 7.70. The highest BCUT2D eigenvalue weighted by Crippen LogP contribution is 2.33. The molecular formula is C16H21BrN2O. The molecule has 20 heavy (non-hydrogen) atoms. The highest BCUT2D eigenvalue weighted by molar-refractivity contribution is 9.10. The number of fused-ring (bicyclic) bond motifs is 2. The van der Waals surface area contributed by atoms with Crippen molar-refractivity contribution in [1.29, 1.82) is 0 Å². The fourth-order valence-corrected chi connectivity index (χ4v) is 3.68. The van der Waals surface area contributed by atoms with Crippen LogP contribution in [-0.4, -0.2) is 31.3 Å². The van der Waals surface area contributed by atoms with Crippen molar-refractivity contribution in [3.8, 4) is 0 Å². The summed E-state index contributed by atoms with van der Waals surface area (Å²) in [6.45, 7) is 3.08. The molecule has 0 amide bonds. The van der Waals surface area contributed by atoms with Crippen LogP contribution in [0.1, 0.15) is 31.2 Å². The van der Waals surface area contributed by atoms with Gasteiger partial charge in [-0.05, 0) is 43.4 Å². The summed E-state index contributed by atoms with van der Waals surface area (Å²) in [5.41, 5.74) is 2.80. The van der Waals surface area contributed by atoms with Gasteiger partial charge in [-0.15, -0.1) is 0 Å². The maximum atomic E-state index is 5.96. The Bertz CT molecular complexity index is 491. The Balaban J connectivity index is 1.56. The molecule has 2 atom stereocenters. The van der Waals surface area contributed by atoms with Crippen molar-refractivity contribution in [3.05, 3.63) is 28.2 Å². The van der Waals surface area contributed by atoms with Crippen LogP contribution in [-0.2, 0) is 11.3 Å². The van der Waals surface area contributed by atoms with E-state index in [2.05, 4.69) is 44.3 Å². The van der Waals surface area contributed by atoms with Gasteiger partial charge in [0.05, 0.1) is 12.2 Å². The normalized spacial score (nSPS) is 28.9. The second-order valence-electron chi connectivity index (χ2n) is 6.29. The lowest BCUT2D eigenvalue weighted by Gasteiger charge is -2.35. The second-order valence-corrected chi connectivity index (χ2v) is 7.21. The summed E-state index contributed by atoms with van der Waals surface area (Å²) in [4.78, 5) is 2.53. The predicted molar refractivity (Wildman–Crippen MR) is 84.1 cm³/mol. The van der Waals surface area contributed by atoms with E-state index >= 15 is 0 Å². The minimum atomic E-state index is 0.442. The third-order valence-electron chi connectivity index (χ3n) is 4.59. The van der Waals surface area contributed by atoms with E-state index < -0.39 is 0 Å². The molecule has 2 heterocycles. The van der Waals surface area contributed by atoms with Gasteiger partial charge in [-0.3, -0.25) is 0 Å². The molecule has 1 aliphatic carbocycles. The minimum absolute atomic E-state index is 0.442. The number of rotatable bonds is 4. The van der Waals surface area contributed by atoms with Gasteiger partial charge in [-0.2, -0.15) is 0 Å². The van der Waals surface area contributed by atoms with Crippen molar-refractivity contribution >= 4 is 21.6 Å². The monoisotopic (exact) mass is 336 g/mol. The maximum Gasteiger partial charge on any atom is 0.0755 e. The number of halogens is 1. The van der Waals surface area contributed by atoms with Gasteiger partial charge in [-0.1, -0.05) is 22.0 Å². The van der Waals surface area contributed by atoms with E-state index in [4.69, 9.17) is 4.74 Å². The summed E-state index contributed by atoms with van der Waals surface area (Å²) in [6, 6.07) is 7.44. The smallest absolute Gasteiger partial charge is 0.0755 e. The molecule has 108 valence electrons. The molecule has 1 aromatic rings. The summed E-state index contributed by atoms with van der Waals surface area (Å²) in [5.74, 6) is 0. The molecule has 0 spiro atoms. The molecule has 2 unspecified atom stereocenters. The highest BCUT2D eigenvalue weighted by Gasteiger charge is 2.34. The second kappa shape index (κ2) is 5.32. The Morgan fingerprint density at radius 2 is 1.90 bits per heavy atom. The van der Waals surface area contributed by atoms with Crippen LogP contribution in [0.5, 0.6) is 0 Å². The van der Waals surface area contributed by atoms with Gasteiger partial charge in [-0.25, -0.2) is 0 Å². The van der Waals surface area contributed by atoms with Gasteiger partial charge in [0.2, 0.25) is 0 Å². The van der Waals surface area contributed by atoms with E-state index in [1.807, 2.05) is 0 Å². The van der Waals surface area contributed by atoms with Gasteiger partial charge in [0.15, 0.2) is 0 Å². The SMILES string of the molecule is Brc1ccc(CNC2CC2)c(N2CC3CCC(C2)O3)c1. The Kier molecular flexibility index (Phi) is 3.49. The maximum absolute atomic E-state index is 5.96. The lowest BCUT2D eigenvalue weighted by Crippen LogP contribution is -2.43. The standard InChI is InChI=1S/C16H21BrN2O/c17-12-2-1-11(8-18-13-3-4-13)16(7-12)19-9-14-5-6-15(10-19)20-14/h1-2,7,13-15,18H,3-6,8-10H2. The first kappa shape index (κ1) is 13.1. The minimum Gasteiger partial charge on any atom is -0.371 e. The Morgan fingerprint density at radius 3 is 2.60 bits per heavy atom. The molecular weight excluding hydrogens is 316 g/mol. The van der Waals surface area contributed by atoms with Crippen molar-refractivity contribution in [3.63, 3.8) is 0 Å². The number of anilines is 1. The van der Waals surface area contributed by atoms with E-state index in [-0.39, 0.29) is 0 Å². The van der Waals surface area contributed by atoms with E-state index in [9.17, 15) is 0 Å². The van der Waals surface area contributed by atoms with Crippen LogP contribution in [0.4, 0.5) is 5.69 Å². The Hall–Kier alpha value is -0.580. The van der Waals surface area contributed by atoms with Crippen molar-refractivity contribution in [2.75, 3.05) is 18.0 Å². The van der Waals surface area contributed by atoms with Crippen LogP contribution >= 0.6 is 15.9 Å². The average Bonchev–Trinajstić information content (AvgIpc) is 3.22. The molecule has 1 saturated carbocycles. The summed E-state index contributed by atoms with van der Waals surface area (Å²) in [5, 5.41) is 3.64. The molecule has 2 aliphatic heterocycles. The van der Waals surface area contributed by atoms with Gasteiger partial charge in [0.25, 0.3) is 0 Å². The molecule has 3 aliphatic rings. The highest BCUT2D eigenvalue weighted by atomic mass is 79.9. The zero-order valence-electron chi connectivity index (χ0n) is 11.6. The molecule has 4 heteroatoms. The van der Waals surface area contributed by atoms with Crippen LogP contribution < -0.4 is 10.2 Å². The molecule has 1 N–H and O–H groups in total. The molecule has 3 nitrogen and oxygen atoms in total. The van der Waals surface area contributed by atoms with Gasteiger partial charge < -0.3 is 15.0 Å². The number of nitrogens with one attached hydrogen (secondary N) is 1. The van der Waals surface area contributed by atoms with Crippen LogP contribution in [0.3, 0.4) is 0 Å². The summed E-state index contributed by atoms with van der Waals surface area (Å²) in [7, 11) is 0. The van der Waals surface area contributed by atoms with E-state index in [0.29, 0.717) is 12.2 Å². The van der Waals surface area contributed by atoms with Crippen LogP contribution in [0.2, 0.25) is 0 Å². The fraction of sp³-hybridized carbons (Fsp3) is 0.625. The zero-order chi connectivity index (χ0) is 13.5. The summed E-state index contributed by atoms with van der Waals surface area (Å²) in [6.07, 6.45) is 6.02. The summed E-state index contributed by atoms with van der Waals surface area (Å²) < 4.78 is 7.13. The van der Waals surface area contributed by atoms with Crippen LogP contribution in [0, 0.1) is 0 Å². The van der Waals surface area contributed by atoms with Crippen molar-refractivity contribution in [2.45, 2.75) is 50.5 Å². The predicted octanol–water partition coefficient (Wildman–Crippen LogP) is 3.07. The van der Waals surface area contributed by atoms with Crippen LogP contribution in [0.15, 0.2) is 22.7 Å². The molecule has 3 fully saturated rings. The molecule has 2 saturated heterocycles. The van der Waals surface area contributed by atoms with Crippen molar-refractivity contribution < 1.29 is 4.74 Å². The first-order valence-corrected chi connectivity index (χ1v) is 8.49. The largest absolute Gasteiger partial charge is 0.371 e. The molecule has 1 aromatic carbocycles. The number of hydrogen-bond acceptors (Lipinski definition) is 3. The average molecular weight is 337 g/mol. The van der Waals surface area contributed by atoms with Crippen LogP contribution in [0.25, 0.3) is 0 Å². The van der Waals surface area contributed by atoms with E-state index in [1.54, 1.807) is 0 Å².